The van der Waals surface area contributed by atoms with Gasteiger partial charge in [-0.05, 0) is 6.07 Å². The standard InChI is InChI=1S/C15H19F3N6O3/c1-19-14(25)27-11-3-5-24(10(8-11)9-23-6-7-26-22-23)13-20-4-2-12(21-13)15(16,17)18/h2,4,6-7,10-11,22H,3,5,8-9H2,1H3,(H,19,25). The molecule has 0 radical (unpaired) electrons. The van der Waals surface area contributed by atoms with Crippen molar-refractivity contribution in [2.75, 3.05) is 25.0 Å². The highest BCUT2D eigenvalue weighted by Gasteiger charge is 2.36. The van der Waals surface area contributed by atoms with Crippen LogP contribution in [-0.2, 0) is 15.8 Å². The largest absolute Gasteiger partial charge is 0.446 e. The van der Waals surface area contributed by atoms with Crippen molar-refractivity contribution in [2.45, 2.75) is 31.2 Å². The van der Waals surface area contributed by atoms with E-state index < -0.39 is 18.0 Å². The number of halogens is 3. The number of carbonyl (C=O) groups excluding carboxylic acids is 1. The summed E-state index contributed by atoms with van der Waals surface area (Å²) in [4.78, 5) is 25.8. The number of alkyl halides is 3. The number of alkyl carbamates (subject to hydrolysis) is 1. The molecule has 148 valence electrons. The fourth-order valence-corrected chi connectivity index (χ4v) is 2.97. The number of nitrogens with one attached hydrogen (secondary N) is 2. The maximum Gasteiger partial charge on any atom is 0.433 e. The molecule has 2 aliphatic heterocycles. The minimum Gasteiger partial charge on any atom is -0.446 e. The summed E-state index contributed by atoms with van der Waals surface area (Å²) >= 11 is 0. The van der Waals surface area contributed by atoms with E-state index in [1.165, 1.54) is 13.3 Å². The Bertz CT molecular complexity index is 702. The van der Waals surface area contributed by atoms with E-state index in [0.29, 0.717) is 25.9 Å². The van der Waals surface area contributed by atoms with Gasteiger partial charge in [0.05, 0.1) is 18.8 Å². The Balaban J connectivity index is 1.79. The van der Waals surface area contributed by atoms with Gasteiger partial charge in [0, 0.05) is 32.6 Å². The molecule has 27 heavy (non-hydrogen) atoms. The zero-order chi connectivity index (χ0) is 19.4. The monoisotopic (exact) mass is 388 g/mol. The van der Waals surface area contributed by atoms with Crippen LogP contribution in [0.1, 0.15) is 18.5 Å². The smallest absolute Gasteiger partial charge is 0.433 e. The third-order valence-electron chi connectivity index (χ3n) is 4.22. The number of nitrogens with zero attached hydrogens (tertiary/aromatic N) is 4. The van der Waals surface area contributed by atoms with Crippen LogP contribution in [0.2, 0.25) is 0 Å². The van der Waals surface area contributed by atoms with Gasteiger partial charge >= 0.3 is 12.3 Å². The molecule has 1 saturated heterocycles. The molecule has 0 spiro atoms. The van der Waals surface area contributed by atoms with Crippen LogP contribution in [-0.4, -0.2) is 53.4 Å². The first kappa shape index (κ1) is 19.0. The number of aromatic nitrogens is 2. The molecule has 1 fully saturated rings. The zero-order valence-corrected chi connectivity index (χ0v) is 14.4. The van der Waals surface area contributed by atoms with Crippen LogP contribution in [0.5, 0.6) is 0 Å². The van der Waals surface area contributed by atoms with Crippen molar-refractivity contribution in [3.63, 3.8) is 0 Å². The van der Waals surface area contributed by atoms with Crippen molar-refractivity contribution in [1.29, 1.82) is 0 Å². The summed E-state index contributed by atoms with van der Waals surface area (Å²) in [5.74, 6) is -0.0164. The van der Waals surface area contributed by atoms with Crippen LogP contribution in [0.25, 0.3) is 0 Å². The van der Waals surface area contributed by atoms with Crippen molar-refractivity contribution in [1.82, 2.24) is 25.9 Å². The van der Waals surface area contributed by atoms with Gasteiger partial charge < -0.3 is 19.8 Å². The predicted molar refractivity (Wildman–Crippen MR) is 86.8 cm³/mol. The lowest BCUT2D eigenvalue weighted by Crippen LogP contribution is -2.52. The molecule has 9 nitrogen and oxygen atoms in total. The molecular formula is C15H19F3N6O3. The molecular weight excluding hydrogens is 369 g/mol. The number of ether oxygens (including phenoxy) is 1. The zero-order valence-electron chi connectivity index (χ0n) is 14.4. The van der Waals surface area contributed by atoms with E-state index in [-0.39, 0.29) is 18.1 Å². The van der Waals surface area contributed by atoms with E-state index in [1.54, 1.807) is 16.1 Å². The second-order valence-electron chi connectivity index (χ2n) is 6.04. The van der Waals surface area contributed by atoms with E-state index in [0.717, 1.165) is 12.3 Å². The minimum absolute atomic E-state index is 0.0164. The lowest BCUT2D eigenvalue weighted by Gasteiger charge is -2.40. The molecule has 2 unspecified atom stereocenters. The Kier molecular flexibility index (Phi) is 5.54. The molecule has 1 aromatic rings. The molecule has 3 rings (SSSR count). The van der Waals surface area contributed by atoms with Crippen molar-refractivity contribution < 1.29 is 27.5 Å². The van der Waals surface area contributed by atoms with Gasteiger partial charge in [0.1, 0.15) is 18.1 Å². The fraction of sp³-hybridized carbons (Fsp3) is 0.533. The molecule has 1 aromatic heterocycles. The van der Waals surface area contributed by atoms with Gasteiger partial charge in [-0.3, -0.25) is 5.01 Å². The fourth-order valence-electron chi connectivity index (χ4n) is 2.97. The van der Waals surface area contributed by atoms with E-state index in [2.05, 4.69) is 20.9 Å². The van der Waals surface area contributed by atoms with Crippen molar-refractivity contribution in [3.8, 4) is 0 Å². The van der Waals surface area contributed by atoms with Crippen molar-refractivity contribution >= 4 is 12.0 Å². The lowest BCUT2D eigenvalue weighted by atomic mass is 9.99. The van der Waals surface area contributed by atoms with Crippen molar-refractivity contribution in [3.05, 3.63) is 30.4 Å². The maximum atomic E-state index is 13.0. The Morgan fingerprint density at radius 3 is 3.00 bits per heavy atom. The number of piperidine rings is 1. The number of amides is 1. The number of hydrogen-bond donors (Lipinski definition) is 2. The molecule has 12 heteroatoms. The molecule has 0 aliphatic carbocycles. The number of anilines is 1. The summed E-state index contributed by atoms with van der Waals surface area (Å²) < 4.78 is 44.3. The van der Waals surface area contributed by atoms with Gasteiger partial charge in [-0.1, -0.05) is 5.59 Å². The third-order valence-corrected chi connectivity index (χ3v) is 4.22. The first-order chi connectivity index (χ1) is 12.9. The maximum absolute atomic E-state index is 13.0. The summed E-state index contributed by atoms with van der Waals surface area (Å²) in [7, 11) is 1.46. The van der Waals surface area contributed by atoms with Crippen LogP contribution in [0.15, 0.2) is 24.7 Å². The number of carbonyl (C=O) groups is 1. The molecule has 0 aromatic carbocycles. The van der Waals surface area contributed by atoms with Crippen LogP contribution >= 0.6 is 0 Å². The van der Waals surface area contributed by atoms with Crippen LogP contribution in [0, 0.1) is 0 Å². The molecule has 0 bridgehead atoms. The van der Waals surface area contributed by atoms with Crippen LogP contribution in [0.3, 0.4) is 0 Å². The topological polar surface area (TPSA) is 91.8 Å². The molecule has 1 amide bonds. The quantitative estimate of drug-likeness (QED) is 0.800. The average Bonchev–Trinajstić information content (AvgIpc) is 3.14. The highest BCUT2D eigenvalue weighted by atomic mass is 19.4. The van der Waals surface area contributed by atoms with Crippen molar-refractivity contribution in [2.24, 2.45) is 0 Å². The first-order valence-electron chi connectivity index (χ1n) is 8.26. The van der Waals surface area contributed by atoms with E-state index >= 15 is 0 Å². The van der Waals surface area contributed by atoms with E-state index in [9.17, 15) is 18.0 Å². The van der Waals surface area contributed by atoms with Crippen LogP contribution in [0.4, 0.5) is 23.9 Å². The SMILES string of the molecule is CNC(=O)OC1CCN(c2nccc(C(F)(F)F)n2)C(CN2C=CON2)C1. The highest BCUT2D eigenvalue weighted by molar-refractivity contribution is 5.66. The molecule has 2 atom stereocenters. The Hall–Kier alpha value is -2.76. The number of hydrogen-bond acceptors (Lipinski definition) is 8. The molecule has 2 N–H and O–H groups in total. The normalized spacial score (nSPS) is 22.5. The van der Waals surface area contributed by atoms with Gasteiger partial charge in [-0.25, -0.2) is 14.8 Å². The summed E-state index contributed by atoms with van der Waals surface area (Å²) in [6, 6.07) is 0.522. The molecule has 2 aliphatic rings. The van der Waals surface area contributed by atoms with Gasteiger partial charge in [0.2, 0.25) is 5.95 Å². The summed E-state index contributed by atoms with van der Waals surface area (Å²) in [6.45, 7) is 0.704. The van der Waals surface area contributed by atoms with Gasteiger partial charge in [0.25, 0.3) is 0 Å². The van der Waals surface area contributed by atoms with Gasteiger partial charge in [-0.15, -0.1) is 0 Å². The Labute approximate surface area is 153 Å². The van der Waals surface area contributed by atoms with E-state index in [4.69, 9.17) is 9.57 Å². The Morgan fingerprint density at radius 1 is 1.52 bits per heavy atom. The minimum atomic E-state index is -4.55. The van der Waals surface area contributed by atoms with Gasteiger partial charge in [0.15, 0.2) is 0 Å². The Morgan fingerprint density at radius 2 is 2.33 bits per heavy atom. The number of rotatable bonds is 4. The second-order valence-corrected chi connectivity index (χ2v) is 6.04. The lowest BCUT2D eigenvalue weighted by molar-refractivity contribution is -0.141. The molecule has 0 saturated carbocycles. The average molecular weight is 388 g/mol. The first-order valence-corrected chi connectivity index (χ1v) is 8.26. The van der Waals surface area contributed by atoms with Crippen LogP contribution < -0.4 is 15.8 Å². The number of hydrazine groups is 1. The summed E-state index contributed by atoms with van der Waals surface area (Å²) in [5.41, 5.74) is 1.63. The van der Waals surface area contributed by atoms with E-state index in [1.807, 2.05) is 0 Å². The second kappa shape index (κ2) is 7.86. The predicted octanol–water partition coefficient (Wildman–Crippen LogP) is 1.41. The van der Waals surface area contributed by atoms with Gasteiger partial charge in [-0.2, -0.15) is 13.2 Å². The third kappa shape index (κ3) is 4.70. The summed E-state index contributed by atoms with van der Waals surface area (Å²) in [6.07, 6.45) is -0.453. The highest BCUT2D eigenvalue weighted by Crippen LogP contribution is 2.30. The summed E-state index contributed by atoms with van der Waals surface area (Å²) in [5, 5.41) is 4.02. The molecule has 3 heterocycles.